The molecule has 2 aliphatic rings. The van der Waals surface area contributed by atoms with E-state index in [1.807, 2.05) is 0 Å². The first-order chi connectivity index (χ1) is 9.05. The Morgan fingerprint density at radius 1 is 1.11 bits per heavy atom. The maximum atomic E-state index is 11.3. The molecule has 0 bridgehead atoms. The molecule has 1 nitrogen and oxygen atoms in total. The summed E-state index contributed by atoms with van der Waals surface area (Å²) in [6.45, 7) is 6.97. The van der Waals surface area contributed by atoms with Gasteiger partial charge in [-0.2, -0.15) is 0 Å². The first-order valence-corrected chi connectivity index (χ1v) is 8.77. The zero-order valence-electron chi connectivity index (χ0n) is 13.3. The van der Waals surface area contributed by atoms with Crippen molar-refractivity contribution in [2.24, 2.45) is 23.7 Å². The number of rotatable bonds is 4. The SMILES string of the molecule is CCC1CCCCC1C1(O)CCCC(CC(C)C)C1. The maximum Gasteiger partial charge on any atom is 0.0681 e. The van der Waals surface area contributed by atoms with Crippen LogP contribution in [0.25, 0.3) is 0 Å². The van der Waals surface area contributed by atoms with Gasteiger partial charge in [-0.15, -0.1) is 0 Å². The average Bonchev–Trinajstić information content (AvgIpc) is 2.38. The summed E-state index contributed by atoms with van der Waals surface area (Å²) in [5.74, 6) is 2.94. The van der Waals surface area contributed by atoms with E-state index in [9.17, 15) is 5.11 Å². The van der Waals surface area contributed by atoms with E-state index >= 15 is 0 Å². The summed E-state index contributed by atoms with van der Waals surface area (Å²) in [5.41, 5.74) is -0.321. The van der Waals surface area contributed by atoms with Crippen LogP contribution < -0.4 is 0 Å². The topological polar surface area (TPSA) is 20.2 Å². The highest BCUT2D eigenvalue weighted by molar-refractivity contribution is 4.95. The summed E-state index contributed by atoms with van der Waals surface area (Å²) in [6.07, 6.45) is 12.7. The Hall–Kier alpha value is -0.0400. The van der Waals surface area contributed by atoms with Crippen LogP contribution in [0.1, 0.15) is 85.0 Å². The Bertz CT molecular complexity index is 273. The van der Waals surface area contributed by atoms with Gasteiger partial charge in [0, 0.05) is 0 Å². The Morgan fingerprint density at radius 3 is 2.53 bits per heavy atom. The predicted octanol–water partition coefficient (Wildman–Crippen LogP) is 5.17. The normalized spacial score (nSPS) is 40.6. The maximum absolute atomic E-state index is 11.3. The first-order valence-electron chi connectivity index (χ1n) is 8.77. The molecule has 112 valence electrons. The molecule has 0 aliphatic heterocycles. The van der Waals surface area contributed by atoms with Crippen molar-refractivity contribution in [1.82, 2.24) is 0 Å². The van der Waals surface area contributed by atoms with Crippen molar-refractivity contribution in [3.63, 3.8) is 0 Å². The molecule has 0 heterocycles. The highest BCUT2D eigenvalue weighted by Crippen LogP contribution is 2.47. The molecular formula is C18H34O. The fourth-order valence-corrected chi connectivity index (χ4v) is 5.01. The Morgan fingerprint density at radius 2 is 1.84 bits per heavy atom. The zero-order chi connectivity index (χ0) is 13.9. The van der Waals surface area contributed by atoms with Crippen molar-refractivity contribution in [3.05, 3.63) is 0 Å². The van der Waals surface area contributed by atoms with Gasteiger partial charge in [0.1, 0.15) is 0 Å². The second kappa shape index (κ2) is 6.61. The van der Waals surface area contributed by atoms with E-state index in [-0.39, 0.29) is 5.60 Å². The number of hydrogen-bond acceptors (Lipinski definition) is 1. The van der Waals surface area contributed by atoms with Crippen molar-refractivity contribution in [1.29, 1.82) is 0 Å². The molecule has 0 amide bonds. The molecule has 0 spiro atoms. The average molecular weight is 266 g/mol. The molecule has 4 unspecified atom stereocenters. The molecule has 4 atom stereocenters. The van der Waals surface area contributed by atoms with Crippen molar-refractivity contribution < 1.29 is 5.11 Å². The summed E-state index contributed by atoms with van der Waals surface area (Å²) < 4.78 is 0. The fourth-order valence-electron chi connectivity index (χ4n) is 5.01. The minimum atomic E-state index is -0.321. The third kappa shape index (κ3) is 3.74. The molecule has 0 saturated heterocycles. The van der Waals surface area contributed by atoms with Gasteiger partial charge >= 0.3 is 0 Å². The van der Waals surface area contributed by atoms with Crippen LogP contribution in [0.4, 0.5) is 0 Å². The summed E-state index contributed by atoms with van der Waals surface area (Å²) in [4.78, 5) is 0. The van der Waals surface area contributed by atoms with E-state index in [1.54, 1.807) is 0 Å². The van der Waals surface area contributed by atoms with Gasteiger partial charge in [-0.3, -0.25) is 0 Å². The van der Waals surface area contributed by atoms with Crippen LogP contribution in [0.5, 0.6) is 0 Å². The van der Waals surface area contributed by atoms with E-state index < -0.39 is 0 Å². The Balaban J connectivity index is 2.02. The van der Waals surface area contributed by atoms with Crippen LogP contribution in [0, 0.1) is 23.7 Å². The Kier molecular flexibility index (Phi) is 5.34. The predicted molar refractivity (Wildman–Crippen MR) is 82.1 cm³/mol. The second-order valence-corrected chi connectivity index (χ2v) is 7.75. The van der Waals surface area contributed by atoms with Gasteiger partial charge in [0.15, 0.2) is 0 Å². The molecule has 2 aliphatic carbocycles. The molecule has 2 saturated carbocycles. The van der Waals surface area contributed by atoms with Gasteiger partial charge in [0.05, 0.1) is 5.60 Å². The molecule has 2 rings (SSSR count). The molecule has 0 aromatic heterocycles. The number of aliphatic hydroxyl groups is 1. The molecule has 2 fully saturated rings. The lowest BCUT2D eigenvalue weighted by Crippen LogP contribution is -2.46. The summed E-state index contributed by atoms with van der Waals surface area (Å²) >= 11 is 0. The first kappa shape index (κ1) is 15.4. The quantitative estimate of drug-likeness (QED) is 0.744. The summed E-state index contributed by atoms with van der Waals surface area (Å²) in [7, 11) is 0. The van der Waals surface area contributed by atoms with Gasteiger partial charge < -0.3 is 5.11 Å². The lowest BCUT2D eigenvalue weighted by molar-refractivity contribution is -0.0976. The number of hydrogen-bond donors (Lipinski definition) is 1. The van der Waals surface area contributed by atoms with E-state index in [2.05, 4.69) is 20.8 Å². The van der Waals surface area contributed by atoms with Gasteiger partial charge in [-0.1, -0.05) is 59.3 Å². The van der Waals surface area contributed by atoms with E-state index in [1.165, 1.54) is 51.4 Å². The fraction of sp³-hybridized carbons (Fsp3) is 1.00. The van der Waals surface area contributed by atoms with Crippen molar-refractivity contribution >= 4 is 0 Å². The molecule has 0 aromatic rings. The van der Waals surface area contributed by atoms with Crippen LogP contribution in [0.15, 0.2) is 0 Å². The van der Waals surface area contributed by atoms with Crippen LogP contribution in [0.2, 0.25) is 0 Å². The van der Waals surface area contributed by atoms with E-state index in [0.717, 1.165) is 30.6 Å². The van der Waals surface area contributed by atoms with Gasteiger partial charge in [-0.25, -0.2) is 0 Å². The molecular weight excluding hydrogens is 232 g/mol. The van der Waals surface area contributed by atoms with Crippen molar-refractivity contribution in [2.45, 2.75) is 90.6 Å². The summed E-state index contributed by atoms with van der Waals surface area (Å²) in [5, 5.41) is 11.3. The lowest BCUT2D eigenvalue weighted by atomic mass is 9.62. The van der Waals surface area contributed by atoms with Gasteiger partial charge in [0.25, 0.3) is 0 Å². The van der Waals surface area contributed by atoms with Crippen LogP contribution in [-0.2, 0) is 0 Å². The second-order valence-electron chi connectivity index (χ2n) is 7.75. The molecule has 1 heteroatoms. The molecule has 19 heavy (non-hydrogen) atoms. The largest absolute Gasteiger partial charge is 0.390 e. The highest BCUT2D eigenvalue weighted by atomic mass is 16.3. The van der Waals surface area contributed by atoms with Crippen molar-refractivity contribution in [3.8, 4) is 0 Å². The third-order valence-corrected chi connectivity index (χ3v) is 5.79. The van der Waals surface area contributed by atoms with Crippen molar-refractivity contribution in [2.75, 3.05) is 0 Å². The monoisotopic (exact) mass is 266 g/mol. The van der Waals surface area contributed by atoms with Crippen LogP contribution >= 0.6 is 0 Å². The van der Waals surface area contributed by atoms with Gasteiger partial charge in [0.2, 0.25) is 0 Å². The zero-order valence-corrected chi connectivity index (χ0v) is 13.3. The highest BCUT2D eigenvalue weighted by Gasteiger charge is 2.44. The van der Waals surface area contributed by atoms with E-state index in [4.69, 9.17) is 0 Å². The smallest absolute Gasteiger partial charge is 0.0681 e. The minimum absolute atomic E-state index is 0.321. The lowest BCUT2D eigenvalue weighted by Gasteiger charge is -2.47. The minimum Gasteiger partial charge on any atom is -0.390 e. The molecule has 1 N–H and O–H groups in total. The third-order valence-electron chi connectivity index (χ3n) is 5.79. The van der Waals surface area contributed by atoms with E-state index in [0.29, 0.717) is 5.92 Å². The molecule has 0 aromatic carbocycles. The summed E-state index contributed by atoms with van der Waals surface area (Å²) in [6, 6.07) is 0. The molecule has 0 radical (unpaired) electrons. The Labute approximate surface area is 120 Å². The standard InChI is InChI=1S/C18H34O/c1-4-16-9-5-6-10-17(16)18(19)11-7-8-15(13-18)12-14(2)3/h14-17,19H,4-13H2,1-3H3. The van der Waals surface area contributed by atoms with Crippen LogP contribution in [-0.4, -0.2) is 10.7 Å². The van der Waals surface area contributed by atoms with Crippen LogP contribution in [0.3, 0.4) is 0 Å². The van der Waals surface area contributed by atoms with Gasteiger partial charge in [-0.05, 0) is 49.4 Å².